The van der Waals surface area contributed by atoms with Crippen molar-refractivity contribution in [1.82, 2.24) is 10.2 Å². The summed E-state index contributed by atoms with van der Waals surface area (Å²) in [6.45, 7) is 7.63. The molecule has 1 aliphatic heterocycles. The maximum Gasteiger partial charge on any atom is 0.189 e. The highest BCUT2D eigenvalue weighted by Gasteiger charge is 2.48. The fourth-order valence-electron chi connectivity index (χ4n) is 3.97. The molecule has 25 heavy (non-hydrogen) atoms. The second kappa shape index (κ2) is 7.75. The lowest BCUT2D eigenvalue weighted by atomic mass is 9.65. The highest BCUT2D eigenvalue weighted by atomic mass is 16.5. The number of benzene rings is 1. The molecule has 5 nitrogen and oxygen atoms in total. The standard InChI is InChI=1S/C20H32N4O/c1-20(2)17(13-18(20)25-3)23-19(21)22-16-9-11-24(12-10-16)14-15-7-5-4-6-8-15/h4-8,16-18H,9-14H2,1-3H3,(H3,21,22,23). The first-order valence-corrected chi connectivity index (χ1v) is 9.38. The Morgan fingerprint density at radius 2 is 1.96 bits per heavy atom. The molecule has 0 radical (unpaired) electrons. The largest absolute Gasteiger partial charge is 0.381 e. The first-order chi connectivity index (χ1) is 12.0. The summed E-state index contributed by atoms with van der Waals surface area (Å²) in [4.78, 5) is 7.22. The minimum absolute atomic E-state index is 0.0695. The Morgan fingerprint density at radius 3 is 2.56 bits per heavy atom. The number of methoxy groups -OCH3 is 1. The topological polar surface area (TPSA) is 62.9 Å². The molecule has 5 heteroatoms. The number of rotatable bonds is 5. The van der Waals surface area contributed by atoms with Crippen LogP contribution in [0, 0.1) is 5.41 Å². The molecular weight excluding hydrogens is 312 g/mol. The average Bonchev–Trinajstić information content (AvgIpc) is 2.61. The molecule has 138 valence electrons. The summed E-state index contributed by atoms with van der Waals surface area (Å²) < 4.78 is 5.49. The van der Waals surface area contributed by atoms with Gasteiger partial charge >= 0.3 is 0 Å². The van der Waals surface area contributed by atoms with Gasteiger partial charge in [-0.05, 0) is 24.8 Å². The van der Waals surface area contributed by atoms with Crippen molar-refractivity contribution in [2.24, 2.45) is 16.1 Å². The van der Waals surface area contributed by atoms with Crippen molar-refractivity contribution in [2.75, 3.05) is 20.2 Å². The molecule has 1 aromatic rings. The van der Waals surface area contributed by atoms with Crippen LogP contribution in [0.2, 0.25) is 0 Å². The molecule has 3 N–H and O–H groups in total. The van der Waals surface area contributed by atoms with Crippen LogP contribution in [-0.4, -0.2) is 49.2 Å². The van der Waals surface area contributed by atoms with Gasteiger partial charge in [-0.3, -0.25) is 4.90 Å². The smallest absolute Gasteiger partial charge is 0.189 e. The van der Waals surface area contributed by atoms with E-state index in [0.717, 1.165) is 38.9 Å². The van der Waals surface area contributed by atoms with Crippen LogP contribution >= 0.6 is 0 Å². The van der Waals surface area contributed by atoms with E-state index in [-0.39, 0.29) is 17.6 Å². The van der Waals surface area contributed by atoms with E-state index in [0.29, 0.717) is 12.0 Å². The van der Waals surface area contributed by atoms with Gasteiger partial charge in [-0.1, -0.05) is 44.2 Å². The fraction of sp³-hybridized carbons (Fsp3) is 0.650. The number of ether oxygens (including phenoxy) is 1. The third-order valence-corrected chi connectivity index (χ3v) is 5.89. The summed E-state index contributed by atoms with van der Waals surface area (Å²) in [5.41, 5.74) is 7.62. The SMILES string of the molecule is COC1CC(N=C(N)NC2CCN(Cc3ccccc3)CC2)C1(C)C. The molecule has 0 aromatic heterocycles. The van der Waals surface area contributed by atoms with Crippen LogP contribution in [0.3, 0.4) is 0 Å². The molecule has 1 saturated carbocycles. The van der Waals surface area contributed by atoms with E-state index in [4.69, 9.17) is 15.5 Å². The second-order valence-electron chi connectivity index (χ2n) is 7.99. The maximum atomic E-state index is 6.17. The van der Waals surface area contributed by atoms with Crippen LogP contribution in [0.25, 0.3) is 0 Å². The lowest BCUT2D eigenvalue weighted by Gasteiger charge is -2.49. The van der Waals surface area contributed by atoms with Crippen molar-refractivity contribution < 1.29 is 4.74 Å². The molecule has 3 rings (SSSR count). The number of piperidine rings is 1. The van der Waals surface area contributed by atoms with Gasteiger partial charge in [0.25, 0.3) is 0 Å². The van der Waals surface area contributed by atoms with E-state index >= 15 is 0 Å². The van der Waals surface area contributed by atoms with Gasteiger partial charge in [0.05, 0.1) is 12.1 Å². The Labute approximate surface area is 151 Å². The van der Waals surface area contributed by atoms with Crippen molar-refractivity contribution in [1.29, 1.82) is 0 Å². The quantitative estimate of drug-likeness (QED) is 0.636. The van der Waals surface area contributed by atoms with Crippen LogP contribution in [-0.2, 0) is 11.3 Å². The normalized spacial score (nSPS) is 27.7. The highest BCUT2D eigenvalue weighted by Crippen LogP contribution is 2.44. The molecule has 1 aliphatic carbocycles. The predicted molar refractivity (Wildman–Crippen MR) is 102 cm³/mol. The van der Waals surface area contributed by atoms with Gasteiger partial charge < -0.3 is 15.8 Å². The van der Waals surface area contributed by atoms with E-state index in [1.165, 1.54) is 5.56 Å². The Hall–Kier alpha value is -1.59. The number of nitrogens with zero attached hydrogens (tertiary/aromatic N) is 2. The van der Waals surface area contributed by atoms with Crippen molar-refractivity contribution in [2.45, 2.75) is 57.8 Å². The Morgan fingerprint density at radius 1 is 1.28 bits per heavy atom. The van der Waals surface area contributed by atoms with E-state index in [1.54, 1.807) is 7.11 Å². The van der Waals surface area contributed by atoms with Crippen molar-refractivity contribution in [3.05, 3.63) is 35.9 Å². The first kappa shape index (κ1) is 18.2. The van der Waals surface area contributed by atoms with E-state index in [9.17, 15) is 0 Å². The molecule has 1 aromatic carbocycles. The number of hydrogen-bond acceptors (Lipinski definition) is 3. The molecule has 2 aliphatic rings. The summed E-state index contributed by atoms with van der Waals surface area (Å²) >= 11 is 0. The van der Waals surface area contributed by atoms with Crippen LogP contribution < -0.4 is 11.1 Å². The molecule has 2 unspecified atom stereocenters. The second-order valence-corrected chi connectivity index (χ2v) is 7.99. The van der Waals surface area contributed by atoms with Crippen molar-refractivity contribution in [3.8, 4) is 0 Å². The summed E-state index contributed by atoms with van der Waals surface area (Å²) in [5, 5.41) is 3.43. The van der Waals surface area contributed by atoms with Gasteiger partial charge in [0, 0.05) is 38.2 Å². The number of hydrogen-bond donors (Lipinski definition) is 2. The minimum Gasteiger partial charge on any atom is -0.381 e. The molecule has 2 atom stereocenters. The molecule has 2 fully saturated rings. The van der Waals surface area contributed by atoms with Crippen molar-refractivity contribution >= 4 is 5.96 Å². The summed E-state index contributed by atoms with van der Waals surface area (Å²) in [7, 11) is 1.77. The molecule has 0 spiro atoms. The molecule has 0 bridgehead atoms. The van der Waals surface area contributed by atoms with Gasteiger partial charge in [0.1, 0.15) is 0 Å². The molecule has 1 saturated heterocycles. The zero-order valence-electron chi connectivity index (χ0n) is 15.7. The zero-order valence-corrected chi connectivity index (χ0v) is 15.7. The molecular formula is C20H32N4O. The van der Waals surface area contributed by atoms with Gasteiger partial charge in [-0.2, -0.15) is 0 Å². The summed E-state index contributed by atoms with van der Waals surface area (Å²) in [5.74, 6) is 0.592. The third kappa shape index (κ3) is 4.33. The average molecular weight is 345 g/mol. The number of nitrogens with two attached hydrogens (primary N) is 1. The lowest BCUT2D eigenvalue weighted by Crippen LogP contribution is -2.55. The summed E-state index contributed by atoms with van der Waals surface area (Å²) in [6, 6.07) is 11.4. The van der Waals surface area contributed by atoms with Crippen LogP contribution in [0.5, 0.6) is 0 Å². The van der Waals surface area contributed by atoms with Gasteiger partial charge in [0.15, 0.2) is 5.96 Å². The van der Waals surface area contributed by atoms with Crippen LogP contribution in [0.4, 0.5) is 0 Å². The van der Waals surface area contributed by atoms with Gasteiger partial charge in [-0.15, -0.1) is 0 Å². The molecule has 1 heterocycles. The lowest BCUT2D eigenvalue weighted by molar-refractivity contribution is -0.0851. The molecule has 0 amide bonds. The summed E-state index contributed by atoms with van der Waals surface area (Å²) in [6.07, 6.45) is 3.46. The van der Waals surface area contributed by atoms with Crippen molar-refractivity contribution in [3.63, 3.8) is 0 Å². The Balaban J connectivity index is 1.44. The third-order valence-electron chi connectivity index (χ3n) is 5.89. The Kier molecular flexibility index (Phi) is 5.64. The monoisotopic (exact) mass is 344 g/mol. The van der Waals surface area contributed by atoms with Gasteiger partial charge in [-0.25, -0.2) is 4.99 Å². The zero-order chi connectivity index (χ0) is 17.9. The van der Waals surface area contributed by atoms with E-state index < -0.39 is 0 Å². The highest BCUT2D eigenvalue weighted by molar-refractivity contribution is 5.78. The predicted octanol–water partition coefficient (Wildman–Crippen LogP) is 2.37. The van der Waals surface area contributed by atoms with E-state index in [1.807, 2.05) is 0 Å². The van der Waals surface area contributed by atoms with Crippen LogP contribution in [0.1, 0.15) is 38.7 Å². The first-order valence-electron chi connectivity index (χ1n) is 9.38. The number of nitrogens with one attached hydrogen (secondary N) is 1. The number of guanidine groups is 1. The van der Waals surface area contributed by atoms with Crippen LogP contribution in [0.15, 0.2) is 35.3 Å². The Bertz CT molecular complexity index is 579. The number of likely N-dealkylation sites (tertiary alicyclic amines) is 1. The maximum absolute atomic E-state index is 6.17. The van der Waals surface area contributed by atoms with E-state index in [2.05, 4.69) is 54.4 Å². The fourth-order valence-corrected chi connectivity index (χ4v) is 3.97. The number of aliphatic imine (C=N–C) groups is 1. The van der Waals surface area contributed by atoms with Gasteiger partial charge in [0.2, 0.25) is 0 Å². The minimum atomic E-state index is 0.0695.